The third-order valence-electron chi connectivity index (χ3n) is 3.57. The SMILES string of the molecule is COc1ccc(-c2ccc(C=O)c(=O)n2CC(C)C)cc1C. The standard InChI is InChI=1S/C18H21NO3/c1-12(2)10-19-16(7-5-15(11-20)18(19)21)14-6-8-17(22-4)13(3)9-14/h5-9,11-12H,10H2,1-4H3. The van der Waals surface area contributed by atoms with E-state index in [0.29, 0.717) is 18.7 Å². The van der Waals surface area contributed by atoms with E-state index < -0.39 is 0 Å². The molecule has 4 heteroatoms. The van der Waals surface area contributed by atoms with E-state index in [0.717, 1.165) is 22.6 Å². The average Bonchev–Trinajstić information content (AvgIpc) is 2.48. The van der Waals surface area contributed by atoms with Gasteiger partial charge in [-0.05, 0) is 54.3 Å². The Morgan fingerprint density at radius 3 is 2.50 bits per heavy atom. The van der Waals surface area contributed by atoms with Crippen LogP contribution in [0.3, 0.4) is 0 Å². The molecular formula is C18H21NO3. The number of benzene rings is 1. The van der Waals surface area contributed by atoms with Gasteiger partial charge in [0.25, 0.3) is 5.56 Å². The van der Waals surface area contributed by atoms with Crippen molar-refractivity contribution in [2.75, 3.05) is 7.11 Å². The Hall–Kier alpha value is -2.36. The van der Waals surface area contributed by atoms with Crippen molar-refractivity contribution in [2.24, 2.45) is 5.92 Å². The van der Waals surface area contributed by atoms with Crippen LogP contribution < -0.4 is 10.3 Å². The summed E-state index contributed by atoms with van der Waals surface area (Å²) in [7, 11) is 1.63. The van der Waals surface area contributed by atoms with E-state index in [1.165, 1.54) is 0 Å². The number of aldehydes is 1. The van der Waals surface area contributed by atoms with Crippen molar-refractivity contribution in [1.29, 1.82) is 0 Å². The average molecular weight is 299 g/mol. The van der Waals surface area contributed by atoms with Gasteiger partial charge in [-0.25, -0.2) is 0 Å². The molecular weight excluding hydrogens is 278 g/mol. The quantitative estimate of drug-likeness (QED) is 0.796. The fourth-order valence-corrected chi connectivity index (χ4v) is 2.52. The van der Waals surface area contributed by atoms with Gasteiger partial charge < -0.3 is 9.30 Å². The van der Waals surface area contributed by atoms with Crippen LogP contribution in [0.2, 0.25) is 0 Å². The van der Waals surface area contributed by atoms with Crippen molar-refractivity contribution in [3.63, 3.8) is 0 Å². The molecule has 0 N–H and O–H groups in total. The lowest BCUT2D eigenvalue weighted by atomic mass is 10.1. The zero-order valence-electron chi connectivity index (χ0n) is 13.4. The van der Waals surface area contributed by atoms with E-state index in [-0.39, 0.29) is 11.1 Å². The smallest absolute Gasteiger partial charge is 0.261 e. The van der Waals surface area contributed by atoms with E-state index in [9.17, 15) is 9.59 Å². The summed E-state index contributed by atoms with van der Waals surface area (Å²) < 4.78 is 6.95. The molecule has 0 amide bonds. The van der Waals surface area contributed by atoms with Gasteiger partial charge in [0.15, 0.2) is 6.29 Å². The van der Waals surface area contributed by atoms with Crippen LogP contribution in [0.5, 0.6) is 5.75 Å². The van der Waals surface area contributed by atoms with Crippen molar-refractivity contribution in [3.8, 4) is 17.0 Å². The summed E-state index contributed by atoms with van der Waals surface area (Å²) in [6.45, 7) is 6.63. The van der Waals surface area contributed by atoms with Crippen LogP contribution in [0.4, 0.5) is 0 Å². The largest absolute Gasteiger partial charge is 0.496 e. The van der Waals surface area contributed by atoms with Crippen molar-refractivity contribution in [2.45, 2.75) is 27.3 Å². The Morgan fingerprint density at radius 2 is 1.95 bits per heavy atom. The molecule has 0 atom stereocenters. The Labute approximate surface area is 130 Å². The molecule has 22 heavy (non-hydrogen) atoms. The fourth-order valence-electron chi connectivity index (χ4n) is 2.52. The third-order valence-corrected chi connectivity index (χ3v) is 3.57. The van der Waals surface area contributed by atoms with Gasteiger partial charge in [-0.1, -0.05) is 13.8 Å². The van der Waals surface area contributed by atoms with Crippen LogP contribution in [0.15, 0.2) is 35.1 Å². The molecule has 0 saturated carbocycles. The monoisotopic (exact) mass is 299 g/mol. The number of pyridine rings is 1. The maximum absolute atomic E-state index is 12.4. The predicted molar refractivity (Wildman–Crippen MR) is 87.7 cm³/mol. The lowest BCUT2D eigenvalue weighted by Crippen LogP contribution is -2.26. The Balaban J connectivity index is 2.64. The molecule has 0 radical (unpaired) electrons. The maximum Gasteiger partial charge on any atom is 0.261 e. The number of ether oxygens (including phenoxy) is 1. The molecule has 0 aliphatic heterocycles. The number of carbonyl (C=O) groups is 1. The Kier molecular flexibility index (Phi) is 4.81. The summed E-state index contributed by atoms with van der Waals surface area (Å²) in [5, 5.41) is 0. The fraction of sp³-hybridized carbons (Fsp3) is 0.333. The number of aromatic nitrogens is 1. The normalized spacial score (nSPS) is 10.8. The number of methoxy groups -OCH3 is 1. The van der Waals surface area contributed by atoms with Crippen LogP contribution in [0, 0.1) is 12.8 Å². The first-order valence-corrected chi connectivity index (χ1v) is 7.32. The van der Waals surface area contributed by atoms with Crippen LogP contribution in [0.1, 0.15) is 29.8 Å². The van der Waals surface area contributed by atoms with Gasteiger partial charge in [0.2, 0.25) is 0 Å². The molecule has 0 aliphatic rings. The van der Waals surface area contributed by atoms with Crippen LogP contribution in [0.25, 0.3) is 11.3 Å². The number of carbonyl (C=O) groups excluding carboxylic acids is 1. The molecule has 2 aromatic rings. The van der Waals surface area contributed by atoms with Crippen LogP contribution in [-0.2, 0) is 6.54 Å². The first kappa shape index (κ1) is 16.0. The molecule has 0 spiro atoms. The molecule has 1 aromatic heterocycles. The van der Waals surface area contributed by atoms with E-state index in [1.807, 2.05) is 45.0 Å². The highest BCUT2D eigenvalue weighted by atomic mass is 16.5. The summed E-state index contributed by atoms with van der Waals surface area (Å²) in [6, 6.07) is 9.22. The van der Waals surface area contributed by atoms with Gasteiger partial charge in [0.1, 0.15) is 5.75 Å². The maximum atomic E-state index is 12.4. The zero-order chi connectivity index (χ0) is 16.3. The van der Waals surface area contributed by atoms with Gasteiger partial charge in [0.05, 0.1) is 18.4 Å². The number of nitrogens with zero attached hydrogens (tertiary/aromatic N) is 1. The van der Waals surface area contributed by atoms with Crippen molar-refractivity contribution < 1.29 is 9.53 Å². The molecule has 1 aromatic carbocycles. The predicted octanol–water partition coefficient (Wildman–Crippen LogP) is 3.30. The molecule has 0 bridgehead atoms. The van der Waals surface area contributed by atoms with Crippen LogP contribution in [-0.4, -0.2) is 18.0 Å². The van der Waals surface area contributed by atoms with Gasteiger partial charge in [-0.15, -0.1) is 0 Å². The van der Waals surface area contributed by atoms with Gasteiger partial charge in [-0.2, -0.15) is 0 Å². The minimum atomic E-state index is -0.241. The molecule has 2 rings (SSSR count). The molecule has 0 aliphatic carbocycles. The lowest BCUT2D eigenvalue weighted by molar-refractivity contribution is 0.112. The second kappa shape index (κ2) is 6.60. The lowest BCUT2D eigenvalue weighted by Gasteiger charge is -2.16. The summed E-state index contributed by atoms with van der Waals surface area (Å²) in [6.07, 6.45) is 0.613. The molecule has 4 nitrogen and oxygen atoms in total. The zero-order valence-corrected chi connectivity index (χ0v) is 13.4. The third kappa shape index (κ3) is 3.11. The van der Waals surface area contributed by atoms with E-state index in [2.05, 4.69) is 0 Å². The second-order valence-corrected chi connectivity index (χ2v) is 5.79. The van der Waals surface area contributed by atoms with Crippen LogP contribution >= 0.6 is 0 Å². The van der Waals surface area contributed by atoms with Crippen molar-refractivity contribution >= 4 is 6.29 Å². The second-order valence-electron chi connectivity index (χ2n) is 5.79. The van der Waals surface area contributed by atoms with Gasteiger partial charge in [0, 0.05) is 6.54 Å². The van der Waals surface area contributed by atoms with E-state index in [4.69, 9.17) is 4.74 Å². The van der Waals surface area contributed by atoms with E-state index in [1.54, 1.807) is 17.7 Å². The van der Waals surface area contributed by atoms with Gasteiger partial charge in [-0.3, -0.25) is 9.59 Å². The number of hydrogen-bond donors (Lipinski definition) is 0. The molecule has 0 saturated heterocycles. The Bertz CT molecular complexity index is 744. The van der Waals surface area contributed by atoms with E-state index >= 15 is 0 Å². The van der Waals surface area contributed by atoms with Gasteiger partial charge >= 0.3 is 0 Å². The minimum Gasteiger partial charge on any atom is -0.496 e. The summed E-state index contributed by atoms with van der Waals surface area (Å²) in [5.41, 5.74) is 2.70. The highest BCUT2D eigenvalue weighted by Crippen LogP contribution is 2.26. The topological polar surface area (TPSA) is 48.3 Å². The molecule has 0 unspecified atom stereocenters. The van der Waals surface area contributed by atoms with Crippen molar-refractivity contribution in [3.05, 3.63) is 51.8 Å². The minimum absolute atomic E-state index is 0.189. The highest BCUT2D eigenvalue weighted by Gasteiger charge is 2.12. The first-order chi connectivity index (χ1) is 10.5. The summed E-state index contributed by atoms with van der Waals surface area (Å²) >= 11 is 0. The molecule has 1 heterocycles. The molecule has 116 valence electrons. The van der Waals surface area contributed by atoms with Crippen molar-refractivity contribution in [1.82, 2.24) is 4.57 Å². The number of aryl methyl sites for hydroxylation is 1. The summed E-state index contributed by atoms with van der Waals surface area (Å²) in [4.78, 5) is 23.5. The Morgan fingerprint density at radius 1 is 1.23 bits per heavy atom. The first-order valence-electron chi connectivity index (χ1n) is 7.32. The molecule has 0 fully saturated rings. The number of hydrogen-bond acceptors (Lipinski definition) is 3. The summed E-state index contributed by atoms with van der Waals surface area (Å²) in [5.74, 6) is 1.11. The number of rotatable bonds is 5. The highest BCUT2D eigenvalue weighted by molar-refractivity contribution is 5.75.